The normalized spacial score (nSPS) is 11.0. The maximum Gasteiger partial charge on any atom is 0.0474 e. The fraction of sp³-hybridized carbons (Fsp3) is 0.444. The molecule has 0 spiro atoms. The molecule has 0 aliphatic heterocycles. The highest BCUT2D eigenvalue weighted by Crippen LogP contribution is 2.21. The molecule has 1 aromatic carbocycles. The van der Waals surface area contributed by atoms with E-state index < -0.39 is 0 Å². The molecule has 21 heavy (non-hydrogen) atoms. The first-order valence-electron chi connectivity index (χ1n) is 7.58. The minimum absolute atomic E-state index is 0.815. The molecule has 1 heterocycles. The SMILES string of the molecule is COCCCNCc1cc(C)n(-c2cccc(C)c2)c1C. The first kappa shape index (κ1) is 15.8. The number of nitrogens with one attached hydrogen (secondary N) is 1. The summed E-state index contributed by atoms with van der Waals surface area (Å²) in [7, 11) is 1.75. The second-order valence-corrected chi connectivity index (χ2v) is 5.59. The lowest BCUT2D eigenvalue weighted by Crippen LogP contribution is -2.16. The van der Waals surface area contributed by atoms with E-state index in [-0.39, 0.29) is 0 Å². The standard InChI is InChI=1S/C18H26N2O/c1-14-7-5-8-18(11-14)20-15(2)12-17(16(20)3)13-19-9-6-10-21-4/h5,7-8,11-12,19H,6,9-10,13H2,1-4H3. The summed E-state index contributed by atoms with van der Waals surface area (Å²) in [5.41, 5.74) is 6.51. The highest BCUT2D eigenvalue weighted by Gasteiger charge is 2.10. The summed E-state index contributed by atoms with van der Waals surface area (Å²) in [6, 6.07) is 10.9. The molecule has 3 heteroatoms. The van der Waals surface area contributed by atoms with E-state index in [1.54, 1.807) is 7.11 Å². The Morgan fingerprint density at radius 3 is 2.67 bits per heavy atom. The van der Waals surface area contributed by atoms with E-state index in [1.807, 2.05) is 0 Å². The van der Waals surface area contributed by atoms with E-state index >= 15 is 0 Å². The molecular weight excluding hydrogens is 260 g/mol. The van der Waals surface area contributed by atoms with Crippen molar-refractivity contribution in [3.8, 4) is 5.69 Å². The Bertz CT molecular complexity index is 587. The van der Waals surface area contributed by atoms with Crippen molar-refractivity contribution < 1.29 is 4.74 Å². The summed E-state index contributed by atoms with van der Waals surface area (Å²) >= 11 is 0. The van der Waals surface area contributed by atoms with Crippen molar-refractivity contribution >= 4 is 0 Å². The Morgan fingerprint density at radius 2 is 1.95 bits per heavy atom. The average molecular weight is 286 g/mol. The van der Waals surface area contributed by atoms with Crippen molar-refractivity contribution in [2.75, 3.05) is 20.3 Å². The minimum Gasteiger partial charge on any atom is -0.385 e. The van der Waals surface area contributed by atoms with E-state index in [0.29, 0.717) is 0 Å². The number of ether oxygens (including phenoxy) is 1. The van der Waals surface area contributed by atoms with Gasteiger partial charge in [-0.3, -0.25) is 0 Å². The summed E-state index contributed by atoms with van der Waals surface area (Å²) < 4.78 is 7.40. The molecule has 0 atom stereocenters. The zero-order valence-electron chi connectivity index (χ0n) is 13.6. The molecule has 0 radical (unpaired) electrons. The average Bonchev–Trinajstić information content (AvgIpc) is 2.73. The van der Waals surface area contributed by atoms with Crippen molar-refractivity contribution in [3.05, 3.63) is 52.8 Å². The topological polar surface area (TPSA) is 26.2 Å². The molecule has 0 bridgehead atoms. The first-order valence-corrected chi connectivity index (χ1v) is 7.58. The number of methoxy groups -OCH3 is 1. The van der Waals surface area contributed by atoms with Crippen molar-refractivity contribution in [1.29, 1.82) is 0 Å². The van der Waals surface area contributed by atoms with Gasteiger partial charge in [0.25, 0.3) is 0 Å². The maximum atomic E-state index is 5.07. The van der Waals surface area contributed by atoms with E-state index in [4.69, 9.17) is 4.74 Å². The summed E-state index contributed by atoms with van der Waals surface area (Å²) in [6.45, 7) is 9.22. The number of benzene rings is 1. The molecule has 1 aromatic heterocycles. The van der Waals surface area contributed by atoms with Crippen LogP contribution in [0.25, 0.3) is 5.69 Å². The molecule has 2 aromatic rings. The van der Waals surface area contributed by atoms with E-state index in [9.17, 15) is 0 Å². The molecule has 0 fully saturated rings. The van der Waals surface area contributed by atoms with Gasteiger partial charge in [0.15, 0.2) is 0 Å². The molecule has 0 amide bonds. The van der Waals surface area contributed by atoms with Crippen LogP contribution in [0, 0.1) is 20.8 Å². The van der Waals surface area contributed by atoms with Crippen LogP contribution >= 0.6 is 0 Å². The number of hydrogen-bond donors (Lipinski definition) is 1. The number of aryl methyl sites for hydroxylation is 2. The quantitative estimate of drug-likeness (QED) is 0.788. The summed E-state index contributed by atoms with van der Waals surface area (Å²) in [6.07, 6.45) is 1.05. The number of aromatic nitrogens is 1. The van der Waals surface area contributed by atoms with E-state index in [0.717, 1.165) is 26.1 Å². The molecule has 0 unspecified atom stereocenters. The van der Waals surface area contributed by atoms with Gasteiger partial charge < -0.3 is 14.6 Å². The van der Waals surface area contributed by atoms with Crippen LogP contribution in [0.2, 0.25) is 0 Å². The highest BCUT2D eigenvalue weighted by molar-refractivity contribution is 5.42. The lowest BCUT2D eigenvalue weighted by Gasteiger charge is -2.11. The predicted octanol–water partition coefficient (Wildman–Crippen LogP) is 3.53. The fourth-order valence-corrected chi connectivity index (χ4v) is 2.74. The van der Waals surface area contributed by atoms with Crippen LogP contribution in [-0.4, -0.2) is 24.8 Å². The largest absolute Gasteiger partial charge is 0.385 e. The van der Waals surface area contributed by atoms with Gasteiger partial charge in [0, 0.05) is 37.3 Å². The fourth-order valence-electron chi connectivity index (χ4n) is 2.74. The van der Waals surface area contributed by atoms with Crippen LogP contribution in [0.5, 0.6) is 0 Å². The van der Waals surface area contributed by atoms with Gasteiger partial charge in [0.2, 0.25) is 0 Å². The molecular formula is C18H26N2O. The molecule has 0 aliphatic carbocycles. The molecule has 114 valence electrons. The third kappa shape index (κ3) is 3.96. The minimum atomic E-state index is 0.815. The zero-order valence-corrected chi connectivity index (χ0v) is 13.6. The van der Waals surface area contributed by atoms with Crippen molar-refractivity contribution in [2.24, 2.45) is 0 Å². The monoisotopic (exact) mass is 286 g/mol. The lowest BCUT2D eigenvalue weighted by atomic mass is 10.2. The molecule has 0 saturated carbocycles. The molecule has 1 N–H and O–H groups in total. The summed E-state index contributed by atoms with van der Waals surface area (Å²) in [5.74, 6) is 0. The molecule has 0 aliphatic rings. The second kappa shape index (κ2) is 7.43. The first-order chi connectivity index (χ1) is 10.1. The van der Waals surface area contributed by atoms with Gasteiger partial charge in [0.1, 0.15) is 0 Å². The van der Waals surface area contributed by atoms with Gasteiger partial charge in [-0.1, -0.05) is 12.1 Å². The van der Waals surface area contributed by atoms with Gasteiger partial charge in [-0.05, 0) is 63.1 Å². The predicted molar refractivity (Wildman–Crippen MR) is 88.2 cm³/mol. The summed E-state index contributed by atoms with van der Waals surface area (Å²) in [4.78, 5) is 0. The second-order valence-electron chi connectivity index (χ2n) is 5.59. The van der Waals surface area contributed by atoms with Crippen LogP contribution < -0.4 is 5.32 Å². The Kier molecular flexibility index (Phi) is 5.59. The van der Waals surface area contributed by atoms with Gasteiger partial charge in [-0.15, -0.1) is 0 Å². The van der Waals surface area contributed by atoms with E-state index in [1.165, 1.54) is 28.2 Å². The molecule has 0 saturated heterocycles. The van der Waals surface area contributed by atoms with Crippen molar-refractivity contribution in [3.63, 3.8) is 0 Å². The van der Waals surface area contributed by atoms with Crippen LogP contribution in [0.4, 0.5) is 0 Å². The third-order valence-electron chi connectivity index (χ3n) is 3.81. The van der Waals surface area contributed by atoms with Crippen LogP contribution in [-0.2, 0) is 11.3 Å². The van der Waals surface area contributed by atoms with Crippen molar-refractivity contribution in [1.82, 2.24) is 9.88 Å². The lowest BCUT2D eigenvalue weighted by molar-refractivity contribution is 0.194. The van der Waals surface area contributed by atoms with Gasteiger partial charge >= 0.3 is 0 Å². The van der Waals surface area contributed by atoms with Gasteiger partial charge in [-0.25, -0.2) is 0 Å². The van der Waals surface area contributed by atoms with Gasteiger partial charge in [-0.2, -0.15) is 0 Å². The third-order valence-corrected chi connectivity index (χ3v) is 3.81. The highest BCUT2D eigenvalue weighted by atomic mass is 16.5. The van der Waals surface area contributed by atoms with Crippen LogP contribution in [0.1, 0.15) is 28.9 Å². The molecule has 3 nitrogen and oxygen atoms in total. The Hall–Kier alpha value is -1.58. The molecule has 2 rings (SSSR count). The van der Waals surface area contributed by atoms with Crippen LogP contribution in [0.15, 0.2) is 30.3 Å². The zero-order chi connectivity index (χ0) is 15.2. The Labute approximate surface area is 127 Å². The number of nitrogens with zero attached hydrogens (tertiary/aromatic N) is 1. The smallest absolute Gasteiger partial charge is 0.0474 e. The number of hydrogen-bond acceptors (Lipinski definition) is 2. The summed E-state index contributed by atoms with van der Waals surface area (Å²) in [5, 5.41) is 3.49. The van der Waals surface area contributed by atoms with Gasteiger partial charge in [0.05, 0.1) is 0 Å². The Balaban J connectivity index is 2.10. The van der Waals surface area contributed by atoms with Crippen LogP contribution in [0.3, 0.4) is 0 Å². The van der Waals surface area contributed by atoms with E-state index in [2.05, 4.69) is 61.0 Å². The number of rotatable bonds is 7. The maximum absolute atomic E-state index is 5.07. The van der Waals surface area contributed by atoms with Crippen molar-refractivity contribution in [2.45, 2.75) is 33.7 Å². The Morgan fingerprint density at radius 1 is 1.14 bits per heavy atom.